The molecule has 128 valence electrons. The number of anilines is 3. The topological polar surface area (TPSA) is 44.3 Å². The summed E-state index contributed by atoms with van der Waals surface area (Å²) < 4.78 is 0. The summed E-state index contributed by atoms with van der Waals surface area (Å²) in [4.78, 5) is 14.1. The van der Waals surface area contributed by atoms with Crippen LogP contribution in [0.3, 0.4) is 0 Å². The zero-order valence-corrected chi connectivity index (χ0v) is 14.9. The van der Waals surface area contributed by atoms with Gasteiger partial charge in [-0.2, -0.15) is 4.98 Å². The van der Waals surface area contributed by atoms with Crippen LogP contribution < -0.4 is 10.2 Å². The van der Waals surface area contributed by atoms with Crippen LogP contribution >= 0.6 is 0 Å². The standard InChI is InChI=1S/C19H27N5/c1-4-16-6-8-17(9-7-16)21-18-14-15(3)20-19(22-18)24-12-10-23(5-2)11-13-24/h6-9,14H,4-5,10-13H2,1-3H3,(H,20,21,22). The lowest BCUT2D eigenvalue weighted by atomic mass is 10.1. The fraction of sp³-hybridized carbons (Fsp3) is 0.474. The van der Waals surface area contributed by atoms with Gasteiger partial charge in [-0.25, -0.2) is 4.98 Å². The van der Waals surface area contributed by atoms with Crippen molar-refractivity contribution < 1.29 is 0 Å². The number of aromatic nitrogens is 2. The Labute approximate surface area is 144 Å². The maximum atomic E-state index is 4.73. The Hall–Kier alpha value is -2.14. The molecule has 0 spiro atoms. The van der Waals surface area contributed by atoms with Gasteiger partial charge in [-0.3, -0.25) is 0 Å². The summed E-state index contributed by atoms with van der Waals surface area (Å²) in [5, 5.41) is 3.41. The molecule has 5 nitrogen and oxygen atoms in total. The monoisotopic (exact) mass is 325 g/mol. The van der Waals surface area contributed by atoms with Crippen molar-refractivity contribution in [1.29, 1.82) is 0 Å². The molecule has 24 heavy (non-hydrogen) atoms. The number of likely N-dealkylation sites (N-methyl/N-ethyl adjacent to an activating group) is 1. The van der Waals surface area contributed by atoms with E-state index in [9.17, 15) is 0 Å². The van der Waals surface area contributed by atoms with Gasteiger partial charge in [0, 0.05) is 43.6 Å². The number of benzene rings is 1. The van der Waals surface area contributed by atoms with Gasteiger partial charge in [0.15, 0.2) is 0 Å². The van der Waals surface area contributed by atoms with E-state index < -0.39 is 0 Å². The fourth-order valence-corrected chi connectivity index (χ4v) is 2.99. The number of aryl methyl sites for hydroxylation is 2. The quantitative estimate of drug-likeness (QED) is 0.914. The molecule has 2 aromatic rings. The summed E-state index contributed by atoms with van der Waals surface area (Å²) in [7, 11) is 0. The van der Waals surface area contributed by atoms with Crippen LogP contribution in [0.2, 0.25) is 0 Å². The van der Waals surface area contributed by atoms with Gasteiger partial charge in [0.25, 0.3) is 0 Å². The van der Waals surface area contributed by atoms with E-state index in [1.807, 2.05) is 13.0 Å². The van der Waals surface area contributed by atoms with E-state index in [2.05, 4.69) is 58.2 Å². The normalized spacial score (nSPS) is 15.5. The van der Waals surface area contributed by atoms with E-state index in [0.29, 0.717) is 0 Å². The second kappa shape index (κ2) is 7.62. The minimum Gasteiger partial charge on any atom is -0.340 e. The van der Waals surface area contributed by atoms with Gasteiger partial charge < -0.3 is 15.1 Å². The molecule has 1 aromatic carbocycles. The van der Waals surface area contributed by atoms with Gasteiger partial charge in [0.05, 0.1) is 0 Å². The third kappa shape index (κ3) is 4.03. The minimum atomic E-state index is 0.832. The van der Waals surface area contributed by atoms with E-state index in [4.69, 9.17) is 4.98 Å². The third-order valence-corrected chi connectivity index (χ3v) is 4.58. The van der Waals surface area contributed by atoms with Gasteiger partial charge in [-0.15, -0.1) is 0 Å². The van der Waals surface area contributed by atoms with Crippen molar-refractivity contribution in [3.05, 3.63) is 41.6 Å². The zero-order valence-electron chi connectivity index (χ0n) is 14.9. The van der Waals surface area contributed by atoms with Crippen molar-refractivity contribution in [2.24, 2.45) is 0 Å². The van der Waals surface area contributed by atoms with Crippen molar-refractivity contribution in [2.45, 2.75) is 27.2 Å². The predicted molar refractivity (Wildman–Crippen MR) is 100 cm³/mol. The molecule has 2 heterocycles. The van der Waals surface area contributed by atoms with Gasteiger partial charge in [-0.05, 0) is 37.6 Å². The van der Waals surface area contributed by atoms with Crippen LogP contribution in [-0.4, -0.2) is 47.6 Å². The average Bonchev–Trinajstić information content (AvgIpc) is 2.62. The number of nitrogens with zero attached hydrogens (tertiary/aromatic N) is 4. The number of nitrogens with one attached hydrogen (secondary N) is 1. The lowest BCUT2D eigenvalue weighted by Gasteiger charge is -2.34. The largest absolute Gasteiger partial charge is 0.340 e. The SMILES string of the molecule is CCc1ccc(Nc2cc(C)nc(N3CCN(CC)CC3)n2)cc1. The molecule has 0 saturated carbocycles. The Bertz CT molecular complexity index is 660. The molecule has 1 aromatic heterocycles. The summed E-state index contributed by atoms with van der Waals surface area (Å²) in [6.45, 7) is 11.7. The summed E-state index contributed by atoms with van der Waals surface area (Å²) >= 11 is 0. The first kappa shape index (κ1) is 16.7. The molecule has 1 N–H and O–H groups in total. The first-order valence-electron chi connectivity index (χ1n) is 8.87. The van der Waals surface area contributed by atoms with Crippen molar-refractivity contribution in [1.82, 2.24) is 14.9 Å². The van der Waals surface area contributed by atoms with Crippen LogP contribution in [0, 0.1) is 6.92 Å². The number of rotatable bonds is 5. The Morgan fingerprint density at radius 2 is 1.71 bits per heavy atom. The Morgan fingerprint density at radius 1 is 1.00 bits per heavy atom. The summed E-state index contributed by atoms with van der Waals surface area (Å²) in [6.07, 6.45) is 1.06. The van der Waals surface area contributed by atoms with E-state index in [1.165, 1.54) is 5.56 Å². The van der Waals surface area contributed by atoms with E-state index in [1.54, 1.807) is 0 Å². The van der Waals surface area contributed by atoms with Crippen LogP contribution in [0.15, 0.2) is 30.3 Å². The Balaban J connectivity index is 1.73. The second-order valence-electron chi connectivity index (χ2n) is 6.29. The zero-order chi connectivity index (χ0) is 16.9. The first-order valence-corrected chi connectivity index (χ1v) is 8.87. The summed E-state index contributed by atoms with van der Waals surface area (Å²) in [6, 6.07) is 10.5. The summed E-state index contributed by atoms with van der Waals surface area (Å²) in [5.41, 5.74) is 3.39. The molecule has 0 aliphatic carbocycles. The predicted octanol–water partition coefficient (Wildman–Crippen LogP) is 3.23. The van der Waals surface area contributed by atoms with Gasteiger partial charge >= 0.3 is 0 Å². The van der Waals surface area contributed by atoms with Crippen LogP contribution in [0.1, 0.15) is 25.1 Å². The third-order valence-electron chi connectivity index (χ3n) is 4.58. The van der Waals surface area contributed by atoms with Crippen molar-refractivity contribution in [2.75, 3.05) is 42.9 Å². The lowest BCUT2D eigenvalue weighted by molar-refractivity contribution is 0.270. The molecule has 1 saturated heterocycles. The van der Waals surface area contributed by atoms with Crippen LogP contribution in [0.4, 0.5) is 17.5 Å². The van der Waals surface area contributed by atoms with E-state index in [0.717, 1.165) is 62.3 Å². The molecule has 3 rings (SSSR count). The van der Waals surface area contributed by atoms with Gasteiger partial charge in [0.2, 0.25) is 5.95 Å². The molecular weight excluding hydrogens is 298 g/mol. The molecule has 5 heteroatoms. The van der Waals surface area contributed by atoms with Crippen LogP contribution in [-0.2, 0) is 6.42 Å². The lowest BCUT2D eigenvalue weighted by Crippen LogP contribution is -2.46. The van der Waals surface area contributed by atoms with Gasteiger partial charge in [-0.1, -0.05) is 26.0 Å². The average molecular weight is 325 g/mol. The number of piperazine rings is 1. The highest BCUT2D eigenvalue weighted by Crippen LogP contribution is 2.20. The molecule has 0 atom stereocenters. The van der Waals surface area contributed by atoms with Gasteiger partial charge in [0.1, 0.15) is 5.82 Å². The highest BCUT2D eigenvalue weighted by atomic mass is 15.3. The number of hydrogen-bond donors (Lipinski definition) is 1. The van der Waals surface area contributed by atoms with Crippen LogP contribution in [0.5, 0.6) is 0 Å². The maximum Gasteiger partial charge on any atom is 0.227 e. The van der Waals surface area contributed by atoms with Crippen molar-refractivity contribution in [3.63, 3.8) is 0 Å². The van der Waals surface area contributed by atoms with Crippen molar-refractivity contribution >= 4 is 17.5 Å². The van der Waals surface area contributed by atoms with Crippen molar-refractivity contribution in [3.8, 4) is 0 Å². The summed E-state index contributed by atoms with van der Waals surface area (Å²) in [5.74, 6) is 1.69. The minimum absolute atomic E-state index is 0.832. The Kier molecular flexibility index (Phi) is 5.30. The molecule has 1 aliphatic rings. The molecule has 0 unspecified atom stereocenters. The molecule has 1 aliphatic heterocycles. The first-order chi connectivity index (χ1) is 11.7. The Morgan fingerprint density at radius 3 is 2.33 bits per heavy atom. The molecule has 0 radical (unpaired) electrons. The molecule has 0 amide bonds. The number of hydrogen-bond acceptors (Lipinski definition) is 5. The molecular formula is C19H27N5. The maximum absolute atomic E-state index is 4.73. The van der Waals surface area contributed by atoms with E-state index >= 15 is 0 Å². The second-order valence-corrected chi connectivity index (χ2v) is 6.29. The fourth-order valence-electron chi connectivity index (χ4n) is 2.99. The molecule has 1 fully saturated rings. The molecule has 0 bridgehead atoms. The highest BCUT2D eigenvalue weighted by molar-refractivity contribution is 5.58. The van der Waals surface area contributed by atoms with Crippen LogP contribution in [0.25, 0.3) is 0 Å². The highest BCUT2D eigenvalue weighted by Gasteiger charge is 2.18. The van der Waals surface area contributed by atoms with E-state index in [-0.39, 0.29) is 0 Å². The smallest absolute Gasteiger partial charge is 0.227 e.